The smallest absolute Gasteiger partial charge is 0.343 e. The summed E-state index contributed by atoms with van der Waals surface area (Å²) in [6.45, 7) is 2.67. The van der Waals surface area contributed by atoms with Gasteiger partial charge in [0.2, 0.25) is 5.91 Å². The third-order valence-electron chi connectivity index (χ3n) is 4.20. The Bertz CT molecular complexity index is 555. The molecular formula is C13H23N5O2S. The van der Waals surface area contributed by atoms with E-state index in [0.717, 1.165) is 31.4 Å². The average Bonchev–Trinajstić information content (AvgIpc) is 2.98. The van der Waals surface area contributed by atoms with Crippen LogP contribution in [0.4, 0.5) is 0 Å². The van der Waals surface area contributed by atoms with E-state index >= 15 is 0 Å². The van der Waals surface area contributed by atoms with E-state index in [2.05, 4.69) is 10.2 Å². The van der Waals surface area contributed by atoms with Gasteiger partial charge in [0.15, 0.2) is 5.16 Å². The molecule has 0 aromatic carbocycles. The molecule has 1 amide bonds. The monoisotopic (exact) mass is 313 g/mol. The van der Waals surface area contributed by atoms with Gasteiger partial charge in [-0.1, -0.05) is 25.1 Å². The zero-order valence-corrected chi connectivity index (χ0v) is 13.1. The maximum absolute atomic E-state index is 11.6. The summed E-state index contributed by atoms with van der Waals surface area (Å²) in [4.78, 5) is 23.1. The molecule has 1 aromatic heterocycles. The van der Waals surface area contributed by atoms with Crippen LogP contribution in [0.5, 0.6) is 0 Å². The molecule has 1 aliphatic carbocycles. The normalized spacial score (nSPS) is 25.3. The van der Waals surface area contributed by atoms with Crippen molar-refractivity contribution in [2.45, 2.75) is 56.3 Å². The van der Waals surface area contributed by atoms with Crippen LogP contribution in [0.2, 0.25) is 0 Å². The predicted octanol–water partition coefficient (Wildman–Crippen LogP) is 0.447. The number of amides is 1. The van der Waals surface area contributed by atoms with Gasteiger partial charge in [-0.3, -0.25) is 9.36 Å². The number of rotatable bonds is 7. The van der Waals surface area contributed by atoms with Gasteiger partial charge in [-0.25, -0.2) is 9.89 Å². The van der Waals surface area contributed by atoms with Crippen LogP contribution in [0.15, 0.2) is 9.95 Å². The molecule has 0 saturated heterocycles. The second kappa shape index (κ2) is 6.65. The van der Waals surface area contributed by atoms with Gasteiger partial charge in [-0.15, -0.1) is 5.10 Å². The van der Waals surface area contributed by atoms with Crippen molar-refractivity contribution in [3.05, 3.63) is 10.5 Å². The van der Waals surface area contributed by atoms with E-state index in [9.17, 15) is 9.59 Å². The summed E-state index contributed by atoms with van der Waals surface area (Å²) in [6.07, 6.45) is 4.22. The molecule has 21 heavy (non-hydrogen) atoms. The van der Waals surface area contributed by atoms with Crippen LogP contribution in [0.25, 0.3) is 0 Å². The van der Waals surface area contributed by atoms with Crippen molar-refractivity contribution in [2.24, 2.45) is 17.4 Å². The number of carbonyl (C=O) groups excluding carboxylic acids is 1. The zero-order valence-electron chi connectivity index (χ0n) is 12.3. The Labute approximate surface area is 127 Å². The molecule has 0 spiro atoms. The molecule has 5 N–H and O–H groups in total. The maximum Gasteiger partial charge on any atom is 0.343 e. The number of primary amides is 1. The summed E-state index contributed by atoms with van der Waals surface area (Å²) < 4.78 is 1.64. The van der Waals surface area contributed by atoms with Crippen LogP contribution < -0.4 is 17.2 Å². The van der Waals surface area contributed by atoms with E-state index < -0.39 is 11.4 Å². The Hall–Kier alpha value is -1.28. The fourth-order valence-electron chi connectivity index (χ4n) is 2.96. The lowest BCUT2D eigenvalue weighted by Gasteiger charge is -2.27. The molecule has 7 nitrogen and oxygen atoms in total. The second-order valence-corrected chi connectivity index (χ2v) is 6.66. The highest BCUT2D eigenvalue weighted by Crippen LogP contribution is 2.37. The number of nitrogens with zero attached hydrogens (tertiary/aromatic N) is 2. The standard InChI is InChI=1S/C13H23N5O2S/c1-2-7-18-11(20)16-17-12(18)21-8-5-9-4-3-6-13(9,15)10(14)19/h9H,2-8,15H2,1H3,(H2,14,19)(H,16,20). The fraction of sp³-hybridized carbons (Fsp3) is 0.769. The molecule has 1 fully saturated rings. The third-order valence-corrected chi connectivity index (χ3v) is 5.21. The van der Waals surface area contributed by atoms with Gasteiger partial charge < -0.3 is 11.5 Å². The first kappa shape index (κ1) is 16.1. The summed E-state index contributed by atoms with van der Waals surface area (Å²) in [5.41, 5.74) is 10.5. The first-order valence-electron chi connectivity index (χ1n) is 7.35. The van der Waals surface area contributed by atoms with Crippen molar-refractivity contribution in [3.63, 3.8) is 0 Å². The lowest BCUT2D eigenvalue weighted by molar-refractivity contribution is -0.124. The highest BCUT2D eigenvalue weighted by molar-refractivity contribution is 7.99. The van der Waals surface area contributed by atoms with E-state index in [1.54, 1.807) is 4.57 Å². The Kier molecular flexibility index (Phi) is 5.10. The van der Waals surface area contributed by atoms with Crippen molar-refractivity contribution in [3.8, 4) is 0 Å². The molecule has 0 radical (unpaired) electrons. The minimum Gasteiger partial charge on any atom is -0.368 e. The number of hydrogen-bond donors (Lipinski definition) is 3. The predicted molar refractivity (Wildman–Crippen MR) is 81.9 cm³/mol. The Morgan fingerprint density at radius 2 is 2.38 bits per heavy atom. The lowest BCUT2D eigenvalue weighted by atomic mass is 9.85. The Morgan fingerprint density at radius 1 is 1.62 bits per heavy atom. The molecule has 2 atom stereocenters. The largest absolute Gasteiger partial charge is 0.368 e. The quantitative estimate of drug-likeness (QED) is 0.631. The summed E-state index contributed by atoms with van der Waals surface area (Å²) in [5.74, 6) is 0.482. The SMILES string of the molecule is CCCn1c(SCCC2CCCC2(N)C(N)=O)n[nH]c1=O. The van der Waals surface area contributed by atoms with E-state index in [4.69, 9.17) is 11.5 Å². The number of aromatic nitrogens is 3. The van der Waals surface area contributed by atoms with Crippen LogP contribution in [0.3, 0.4) is 0 Å². The topological polar surface area (TPSA) is 120 Å². The Morgan fingerprint density at radius 3 is 3.05 bits per heavy atom. The number of nitrogens with two attached hydrogens (primary N) is 2. The minimum absolute atomic E-state index is 0.118. The molecule has 2 rings (SSSR count). The highest BCUT2D eigenvalue weighted by Gasteiger charge is 2.43. The first-order valence-corrected chi connectivity index (χ1v) is 8.34. The van der Waals surface area contributed by atoms with Crippen LogP contribution in [0.1, 0.15) is 39.0 Å². The van der Waals surface area contributed by atoms with E-state index in [1.165, 1.54) is 11.8 Å². The number of hydrogen-bond acceptors (Lipinski definition) is 5. The van der Waals surface area contributed by atoms with E-state index in [1.807, 2.05) is 6.92 Å². The number of nitrogens with one attached hydrogen (secondary N) is 1. The minimum atomic E-state index is -0.866. The molecule has 1 heterocycles. The number of aromatic amines is 1. The van der Waals surface area contributed by atoms with E-state index in [0.29, 0.717) is 18.1 Å². The van der Waals surface area contributed by atoms with Crippen molar-refractivity contribution in [2.75, 3.05) is 5.75 Å². The van der Waals surface area contributed by atoms with Crippen molar-refractivity contribution in [1.82, 2.24) is 14.8 Å². The third kappa shape index (κ3) is 3.32. The highest BCUT2D eigenvalue weighted by atomic mass is 32.2. The zero-order chi connectivity index (χ0) is 15.5. The van der Waals surface area contributed by atoms with Gasteiger partial charge in [0.05, 0.1) is 5.54 Å². The lowest BCUT2D eigenvalue weighted by Crippen LogP contribution is -2.54. The van der Waals surface area contributed by atoms with Crippen LogP contribution in [0, 0.1) is 5.92 Å². The summed E-state index contributed by atoms with van der Waals surface area (Å²) in [6, 6.07) is 0. The van der Waals surface area contributed by atoms with Crippen LogP contribution in [-0.2, 0) is 11.3 Å². The number of thioether (sulfide) groups is 1. The molecule has 0 bridgehead atoms. The number of H-pyrrole nitrogens is 1. The molecular weight excluding hydrogens is 290 g/mol. The molecule has 0 aliphatic heterocycles. The number of carbonyl (C=O) groups is 1. The van der Waals surface area contributed by atoms with Crippen molar-refractivity contribution in [1.29, 1.82) is 0 Å². The summed E-state index contributed by atoms with van der Waals surface area (Å²) >= 11 is 1.52. The van der Waals surface area contributed by atoms with Gasteiger partial charge in [-0.2, -0.15) is 0 Å². The maximum atomic E-state index is 11.6. The van der Waals surface area contributed by atoms with Gasteiger partial charge in [0.25, 0.3) is 0 Å². The Balaban J connectivity index is 1.93. The summed E-state index contributed by atoms with van der Waals surface area (Å²) in [5, 5.41) is 7.20. The molecule has 1 aliphatic rings. The first-order chi connectivity index (χ1) is 9.99. The molecule has 1 aromatic rings. The molecule has 8 heteroatoms. The summed E-state index contributed by atoms with van der Waals surface area (Å²) in [7, 11) is 0. The van der Waals surface area contributed by atoms with Gasteiger partial charge >= 0.3 is 5.69 Å². The molecule has 1 saturated carbocycles. The van der Waals surface area contributed by atoms with Gasteiger partial charge in [0.1, 0.15) is 0 Å². The molecule has 118 valence electrons. The van der Waals surface area contributed by atoms with Crippen LogP contribution >= 0.6 is 11.8 Å². The fourth-order valence-corrected chi connectivity index (χ4v) is 3.98. The van der Waals surface area contributed by atoms with Crippen molar-refractivity contribution < 1.29 is 4.79 Å². The van der Waals surface area contributed by atoms with Gasteiger partial charge in [-0.05, 0) is 31.6 Å². The van der Waals surface area contributed by atoms with Crippen LogP contribution in [-0.4, -0.2) is 32.0 Å². The van der Waals surface area contributed by atoms with Crippen molar-refractivity contribution >= 4 is 17.7 Å². The van der Waals surface area contributed by atoms with E-state index in [-0.39, 0.29) is 11.6 Å². The van der Waals surface area contributed by atoms with Gasteiger partial charge in [0, 0.05) is 12.3 Å². The second-order valence-electron chi connectivity index (χ2n) is 5.59. The molecule has 2 unspecified atom stereocenters. The average molecular weight is 313 g/mol.